The minimum absolute atomic E-state index is 0.0831. The van der Waals surface area contributed by atoms with Gasteiger partial charge in [0.15, 0.2) is 0 Å². The summed E-state index contributed by atoms with van der Waals surface area (Å²) in [5.74, 6) is 2.45. The third-order valence-corrected chi connectivity index (χ3v) is 11.3. The number of fused-ring (bicyclic) bond motifs is 5. The van der Waals surface area contributed by atoms with Gasteiger partial charge in [-0.05, 0) is 106 Å². The molecular weight excluding hydrogens is 458 g/mol. The lowest BCUT2D eigenvalue weighted by Gasteiger charge is -2.62. The number of esters is 1. The molecule has 0 spiro atoms. The number of amides is 1. The van der Waals surface area contributed by atoms with Crippen molar-refractivity contribution < 1.29 is 29.0 Å². The molecule has 0 aliphatic heterocycles. The highest BCUT2D eigenvalue weighted by atomic mass is 16.5. The molecule has 0 heterocycles. The van der Waals surface area contributed by atoms with E-state index in [0.717, 1.165) is 44.9 Å². The van der Waals surface area contributed by atoms with Gasteiger partial charge in [-0.1, -0.05) is 20.8 Å². The van der Waals surface area contributed by atoms with Crippen LogP contribution in [0.3, 0.4) is 0 Å². The number of aliphatic hydroxyl groups is 1. The molecule has 4 aliphatic carbocycles. The quantitative estimate of drug-likeness (QED) is 0.359. The third kappa shape index (κ3) is 4.93. The van der Waals surface area contributed by atoms with Crippen LogP contribution in [0.25, 0.3) is 0 Å². The van der Waals surface area contributed by atoms with Crippen LogP contribution in [0.1, 0.15) is 91.9 Å². The summed E-state index contributed by atoms with van der Waals surface area (Å²) in [6, 6.07) is 0. The topological polar surface area (TPSA) is 102 Å². The lowest BCUT2D eigenvalue weighted by atomic mass is 9.43. The molecule has 0 unspecified atom stereocenters. The van der Waals surface area contributed by atoms with E-state index in [1.54, 1.807) is 6.92 Å². The molecule has 10 atom stereocenters. The van der Waals surface area contributed by atoms with Gasteiger partial charge in [0.25, 0.3) is 6.47 Å². The minimum atomic E-state index is -0.411. The Balaban J connectivity index is 1.45. The molecule has 4 saturated carbocycles. The molecule has 7 nitrogen and oxygen atoms in total. The normalized spacial score (nSPS) is 42.3. The average Bonchev–Trinajstić information content (AvgIpc) is 3.21. The van der Waals surface area contributed by atoms with E-state index in [0.29, 0.717) is 55.0 Å². The van der Waals surface area contributed by atoms with Crippen molar-refractivity contribution in [1.29, 1.82) is 0 Å². The Kier molecular flexibility index (Phi) is 8.38. The molecule has 0 radical (unpaired) electrons. The maximum Gasteiger partial charge on any atom is 0.325 e. The number of carbonyl (C=O) groups is 3. The van der Waals surface area contributed by atoms with E-state index in [2.05, 4.69) is 26.1 Å². The van der Waals surface area contributed by atoms with Crippen LogP contribution in [-0.4, -0.2) is 48.8 Å². The third-order valence-electron chi connectivity index (χ3n) is 11.3. The van der Waals surface area contributed by atoms with Crippen LogP contribution in [0.15, 0.2) is 0 Å². The van der Waals surface area contributed by atoms with Gasteiger partial charge in [0.2, 0.25) is 5.91 Å². The molecule has 0 bridgehead atoms. The molecular formula is C29H47NO6. The van der Waals surface area contributed by atoms with Crippen molar-refractivity contribution in [1.82, 2.24) is 5.32 Å². The van der Waals surface area contributed by atoms with E-state index in [1.807, 2.05) is 0 Å². The first-order chi connectivity index (χ1) is 17.1. The highest BCUT2D eigenvalue weighted by Gasteiger charge is 2.64. The van der Waals surface area contributed by atoms with Crippen molar-refractivity contribution in [2.24, 2.45) is 46.3 Å². The summed E-state index contributed by atoms with van der Waals surface area (Å²) < 4.78 is 10.8. The van der Waals surface area contributed by atoms with Crippen LogP contribution >= 0.6 is 0 Å². The second-order valence-corrected chi connectivity index (χ2v) is 12.7. The predicted octanol–water partition coefficient (Wildman–Crippen LogP) is 4.25. The van der Waals surface area contributed by atoms with Crippen molar-refractivity contribution in [2.45, 2.75) is 104 Å². The van der Waals surface area contributed by atoms with Crippen LogP contribution < -0.4 is 5.32 Å². The van der Waals surface area contributed by atoms with Crippen molar-refractivity contribution in [3.05, 3.63) is 0 Å². The maximum atomic E-state index is 12.4. The van der Waals surface area contributed by atoms with Gasteiger partial charge < -0.3 is 19.9 Å². The molecule has 4 rings (SSSR count). The summed E-state index contributed by atoms with van der Waals surface area (Å²) in [5.41, 5.74) is 0.134. The number of hydrogen-bond donors (Lipinski definition) is 2. The number of aliphatic hydroxyl groups excluding tert-OH is 1. The SMILES string of the molecule is CCOC(=O)CNC(=O)CC[C@@H](C)[C@H]1CC[C@H]2[C@@H]3CC[C@@H]4C[C@H](O)CC[C@]4(C)[C@H]3C[C@H](OC=O)[C@]12C. The zero-order chi connectivity index (χ0) is 26.1. The molecule has 36 heavy (non-hydrogen) atoms. The Morgan fingerprint density at radius 1 is 1.11 bits per heavy atom. The second kappa shape index (κ2) is 11.0. The van der Waals surface area contributed by atoms with Crippen LogP contribution in [0.4, 0.5) is 0 Å². The van der Waals surface area contributed by atoms with Crippen molar-refractivity contribution in [3.8, 4) is 0 Å². The second-order valence-electron chi connectivity index (χ2n) is 12.7. The Hall–Kier alpha value is -1.63. The standard InChI is InChI=1S/C29H47NO6/c1-5-35-27(34)16-30-26(33)11-6-18(2)22-9-10-23-21-8-7-19-14-20(32)12-13-28(19,3)24(21)15-25(36-17-31)29(22,23)4/h17-25,32H,5-16H2,1-4H3,(H,30,33)/t18-,19-,20-,21+,22-,23+,24+,25+,28+,29-/m1/s1. The summed E-state index contributed by atoms with van der Waals surface area (Å²) in [5, 5.41) is 13.0. The van der Waals surface area contributed by atoms with Gasteiger partial charge in [-0.25, -0.2) is 0 Å². The molecule has 0 aromatic heterocycles. The molecule has 2 N–H and O–H groups in total. The lowest BCUT2D eigenvalue weighted by molar-refractivity contribution is -0.189. The molecule has 0 saturated heterocycles. The average molecular weight is 506 g/mol. The highest BCUT2D eigenvalue weighted by Crippen LogP contribution is 2.68. The molecule has 0 aromatic rings. The molecule has 0 aromatic carbocycles. The van der Waals surface area contributed by atoms with Crippen molar-refractivity contribution in [3.63, 3.8) is 0 Å². The Morgan fingerprint density at radius 3 is 2.61 bits per heavy atom. The van der Waals surface area contributed by atoms with Crippen LogP contribution in [0, 0.1) is 46.3 Å². The predicted molar refractivity (Wildman–Crippen MR) is 136 cm³/mol. The van der Waals surface area contributed by atoms with Gasteiger partial charge in [-0.2, -0.15) is 0 Å². The highest BCUT2D eigenvalue weighted by molar-refractivity contribution is 5.81. The van der Waals surface area contributed by atoms with Gasteiger partial charge in [0, 0.05) is 11.8 Å². The van der Waals surface area contributed by atoms with Gasteiger partial charge in [-0.15, -0.1) is 0 Å². The molecule has 1 amide bonds. The van der Waals surface area contributed by atoms with Crippen LogP contribution in [-0.2, 0) is 23.9 Å². The molecule has 204 valence electrons. The Morgan fingerprint density at radius 2 is 1.89 bits per heavy atom. The smallest absolute Gasteiger partial charge is 0.325 e. The van der Waals surface area contributed by atoms with Crippen LogP contribution in [0.5, 0.6) is 0 Å². The fraction of sp³-hybridized carbons (Fsp3) is 0.897. The zero-order valence-electron chi connectivity index (χ0n) is 22.7. The molecule has 4 aliphatic rings. The van der Waals surface area contributed by atoms with E-state index >= 15 is 0 Å². The van der Waals surface area contributed by atoms with Crippen molar-refractivity contribution >= 4 is 18.3 Å². The Labute approximate surface area is 216 Å². The molecule has 7 heteroatoms. The van der Waals surface area contributed by atoms with E-state index in [4.69, 9.17) is 9.47 Å². The maximum absolute atomic E-state index is 12.4. The van der Waals surface area contributed by atoms with Gasteiger partial charge in [-0.3, -0.25) is 14.4 Å². The van der Waals surface area contributed by atoms with Gasteiger partial charge in [0.05, 0.1) is 12.7 Å². The number of rotatable bonds is 9. The van der Waals surface area contributed by atoms with Crippen molar-refractivity contribution in [2.75, 3.05) is 13.2 Å². The first kappa shape index (κ1) is 27.4. The monoisotopic (exact) mass is 505 g/mol. The summed E-state index contributed by atoms with van der Waals surface area (Å²) >= 11 is 0. The summed E-state index contributed by atoms with van der Waals surface area (Å²) in [7, 11) is 0. The zero-order valence-corrected chi connectivity index (χ0v) is 22.7. The fourth-order valence-electron chi connectivity index (χ4n) is 9.43. The van der Waals surface area contributed by atoms with E-state index < -0.39 is 5.97 Å². The fourth-order valence-corrected chi connectivity index (χ4v) is 9.43. The number of carbonyl (C=O) groups excluding carboxylic acids is 3. The van der Waals surface area contributed by atoms with E-state index in [9.17, 15) is 19.5 Å². The number of ether oxygens (including phenoxy) is 2. The first-order valence-electron chi connectivity index (χ1n) is 14.3. The van der Waals surface area contributed by atoms with E-state index in [1.165, 1.54) is 12.8 Å². The number of hydrogen-bond acceptors (Lipinski definition) is 6. The summed E-state index contributed by atoms with van der Waals surface area (Å²) in [6.45, 7) is 9.67. The van der Waals surface area contributed by atoms with Gasteiger partial charge in [0.1, 0.15) is 12.6 Å². The first-order valence-corrected chi connectivity index (χ1v) is 14.3. The molecule has 4 fully saturated rings. The summed E-state index contributed by atoms with van der Waals surface area (Å²) in [4.78, 5) is 35.6. The summed E-state index contributed by atoms with van der Waals surface area (Å²) in [6.07, 6.45) is 9.32. The minimum Gasteiger partial charge on any atom is -0.465 e. The Bertz CT molecular complexity index is 818. The lowest BCUT2D eigenvalue weighted by Crippen LogP contribution is -2.59. The van der Waals surface area contributed by atoms with Crippen LogP contribution in [0.2, 0.25) is 0 Å². The van der Waals surface area contributed by atoms with Gasteiger partial charge >= 0.3 is 5.97 Å². The van der Waals surface area contributed by atoms with E-state index in [-0.39, 0.29) is 35.5 Å². The number of nitrogens with one attached hydrogen (secondary N) is 1. The largest absolute Gasteiger partial charge is 0.465 e.